The molecule has 1 aromatic rings. The summed E-state index contributed by atoms with van der Waals surface area (Å²) in [6, 6.07) is 6.30. The molecule has 2 aliphatic rings. The number of benzene rings is 1. The quantitative estimate of drug-likeness (QED) is 0.904. The van der Waals surface area contributed by atoms with E-state index in [0.717, 1.165) is 49.3 Å². The number of nitrogens with one attached hydrogen (secondary N) is 1. The fourth-order valence-corrected chi connectivity index (χ4v) is 4.68. The zero-order valence-electron chi connectivity index (χ0n) is 13.2. The number of anilines is 2. The highest BCUT2D eigenvalue weighted by molar-refractivity contribution is 7.90. The lowest BCUT2D eigenvalue weighted by atomic mass is 10.0. The molecule has 3 rings (SSSR count). The molecule has 6 heteroatoms. The summed E-state index contributed by atoms with van der Waals surface area (Å²) in [5.41, 5.74) is 3.14. The number of nitrogens with zero attached hydrogens (tertiary/aromatic N) is 2. The highest BCUT2D eigenvalue weighted by atomic mass is 32.2. The normalized spacial score (nSPS) is 18.6. The summed E-state index contributed by atoms with van der Waals surface area (Å²) in [5.74, 6) is 0. The molecule has 1 aromatic carbocycles. The summed E-state index contributed by atoms with van der Waals surface area (Å²) in [5, 5.41) is 0. The van der Waals surface area contributed by atoms with Gasteiger partial charge in [-0.2, -0.15) is 13.1 Å². The van der Waals surface area contributed by atoms with Crippen LogP contribution in [0.2, 0.25) is 0 Å². The third-order valence-electron chi connectivity index (χ3n) is 4.44. The Bertz CT molecular complexity index is 624. The van der Waals surface area contributed by atoms with E-state index in [1.807, 2.05) is 6.92 Å². The maximum absolute atomic E-state index is 12.5. The molecule has 22 heavy (non-hydrogen) atoms. The van der Waals surface area contributed by atoms with Gasteiger partial charge in [-0.25, -0.2) is 0 Å². The van der Waals surface area contributed by atoms with E-state index in [2.05, 4.69) is 27.8 Å². The summed E-state index contributed by atoms with van der Waals surface area (Å²) in [7, 11) is -3.43. The first-order valence-electron chi connectivity index (χ1n) is 8.27. The van der Waals surface area contributed by atoms with Gasteiger partial charge in [-0.05, 0) is 49.8 Å². The highest BCUT2D eigenvalue weighted by Crippen LogP contribution is 2.33. The summed E-state index contributed by atoms with van der Waals surface area (Å²) in [4.78, 5) is 2.35. The third-order valence-corrected chi connectivity index (χ3v) is 5.97. The van der Waals surface area contributed by atoms with Gasteiger partial charge < -0.3 is 4.90 Å². The second-order valence-electron chi connectivity index (χ2n) is 6.08. The number of aryl methyl sites for hydroxylation is 1. The summed E-state index contributed by atoms with van der Waals surface area (Å²) < 4.78 is 29.3. The van der Waals surface area contributed by atoms with Crippen molar-refractivity contribution in [1.29, 1.82) is 0 Å². The van der Waals surface area contributed by atoms with Gasteiger partial charge in [0.2, 0.25) is 0 Å². The monoisotopic (exact) mass is 323 g/mol. The van der Waals surface area contributed by atoms with E-state index >= 15 is 0 Å². The van der Waals surface area contributed by atoms with Crippen molar-refractivity contribution in [3.63, 3.8) is 0 Å². The van der Waals surface area contributed by atoms with E-state index in [1.165, 1.54) is 12.8 Å². The third kappa shape index (κ3) is 3.08. The second kappa shape index (κ2) is 6.46. The molecule has 0 spiro atoms. The number of hydrogen-bond donors (Lipinski definition) is 1. The Kier molecular flexibility index (Phi) is 4.59. The zero-order valence-corrected chi connectivity index (χ0v) is 14.0. The van der Waals surface area contributed by atoms with Gasteiger partial charge in [0.25, 0.3) is 0 Å². The first-order chi connectivity index (χ1) is 10.6. The lowest BCUT2D eigenvalue weighted by Crippen LogP contribution is -2.43. The smallest absolute Gasteiger partial charge is 0.301 e. The minimum Gasteiger partial charge on any atom is -0.371 e. The molecule has 1 fully saturated rings. The molecule has 0 atom stereocenters. The Morgan fingerprint density at radius 3 is 2.64 bits per heavy atom. The Labute approximate surface area is 133 Å². The molecule has 1 N–H and O–H groups in total. The van der Waals surface area contributed by atoms with Crippen LogP contribution >= 0.6 is 0 Å². The van der Waals surface area contributed by atoms with E-state index in [-0.39, 0.29) is 0 Å². The van der Waals surface area contributed by atoms with E-state index < -0.39 is 10.2 Å². The average Bonchev–Trinajstić information content (AvgIpc) is 3.06. The van der Waals surface area contributed by atoms with Gasteiger partial charge in [0.15, 0.2) is 0 Å². The SMILES string of the molecule is CCCNS(=O)(=O)N1CCCc2ccc(N3CCCC3)cc21. The average molecular weight is 323 g/mol. The van der Waals surface area contributed by atoms with Crippen LogP contribution in [0.15, 0.2) is 18.2 Å². The zero-order chi connectivity index (χ0) is 15.6. The van der Waals surface area contributed by atoms with Crippen LogP contribution in [-0.4, -0.2) is 34.6 Å². The molecule has 5 nitrogen and oxygen atoms in total. The van der Waals surface area contributed by atoms with Crippen LogP contribution in [0, 0.1) is 0 Å². The number of hydrogen-bond acceptors (Lipinski definition) is 3. The van der Waals surface area contributed by atoms with Gasteiger partial charge in [-0.3, -0.25) is 4.31 Å². The molecule has 1 saturated heterocycles. The van der Waals surface area contributed by atoms with Crippen LogP contribution in [0.4, 0.5) is 11.4 Å². The first kappa shape index (κ1) is 15.6. The second-order valence-corrected chi connectivity index (χ2v) is 7.76. The van der Waals surface area contributed by atoms with Crippen molar-refractivity contribution in [2.45, 2.75) is 39.0 Å². The van der Waals surface area contributed by atoms with Gasteiger partial charge in [0.05, 0.1) is 5.69 Å². The highest BCUT2D eigenvalue weighted by Gasteiger charge is 2.28. The van der Waals surface area contributed by atoms with Crippen LogP contribution in [0.1, 0.15) is 38.2 Å². The molecule has 0 radical (unpaired) electrons. The Balaban J connectivity index is 1.92. The maximum atomic E-state index is 12.5. The van der Waals surface area contributed by atoms with Crippen LogP contribution in [-0.2, 0) is 16.6 Å². The van der Waals surface area contributed by atoms with Crippen molar-refractivity contribution < 1.29 is 8.42 Å². The van der Waals surface area contributed by atoms with Crippen molar-refractivity contribution in [3.8, 4) is 0 Å². The molecule has 2 heterocycles. The van der Waals surface area contributed by atoms with Crippen molar-refractivity contribution in [1.82, 2.24) is 4.72 Å². The van der Waals surface area contributed by atoms with Gasteiger partial charge in [-0.15, -0.1) is 0 Å². The molecule has 122 valence electrons. The van der Waals surface area contributed by atoms with Gasteiger partial charge in [0, 0.05) is 31.9 Å². The van der Waals surface area contributed by atoms with E-state index in [4.69, 9.17) is 0 Å². The van der Waals surface area contributed by atoms with Crippen LogP contribution < -0.4 is 13.9 Å². The van der Waals surface area contributed by atoms with E-state index in [0.29, 0.717) is 13.1 Å². The molecular formula is C16H25N3O2S. The Morgan fingerprint density at radius 2 is 1.91 bits per heavy atom. The molecule has 0 aromatic heterocycles. The fourth-order valence-electron chi connectivity index (χ4n) is 3.26. The topological polar surface area (TPSA) is 52.7 Å². The van der Waals surface area contributed by atoms with Gasteiger partial charge in [-0.1, -0.05) is 13.0 Å². The maximum Gasteiger partial charge on any atom is 0.301 e. The van der Waals surface area contributed by atoms with Gasteiger partial charge >= 0.3 is 10.2 Å². The van der Waals surface area contributed by atoms with Gasteiger partial charge in [0.1, 0.15) is 0 Å². The Morgan fingerprint density at radius 1 is 1.14 bits per heavy atom. The first-order valence-corrected chi connectivity index (χ1v) is 9.71. The predicted molar refractivity (Wildman–Crippen MR) is 90.8 cm³/mol. The molecule has 0 saturated carbocycles. The van der Waals surface area contributed by atoms with Crippen molar-refractivity contribution in [2.75, 3.05) is 35.4 Å². The summed E-state index contributed by atoms with van der Waals surface area (Å²) >= 11 is 0. The van der Waals surface area contributed by atoms with Crippen molar-refractivity contribution in [3.05, 3.63) is 23.8 Å². The Hall–Kier alpha value is -1.27. The lowest BCUT2D eigenvalue weighted by Gasteiger charge is -2.32. The van der Waals surface area contributed by atoms with Crippen molar-refractivity contribution in [2.24, 2.45) is 0 Å². The molecule has 0 bridgehead atoms. The fraction of sp³-hybridized carbons (Fsp3) is 0.625. The standard InChI is InChI=1S/C16H25N3O2S/c1-2-9-17-22(20,21)19-12-5-6-14-7-8-15(13-16(14)19)18-10-3-4-11-18/h7-8,13,17H,2-6,9-12H2,1H3. The van der Waals surface area contributed by atoms with Crippen LogP contribution in [0.5, 0.6) is 0 Å². The largest absolute Gasteiger partial charge is 0.371 e. The molecule has 0 unspecified atom stereocenters. The minimum atomic E-state index is -3.43. The number of rotatable bonds is 5. The summed E-state index contributed by atoms with van der Waals surface area (Å²) in [6.45, 7) is 5.16. The van der Waals surface area contributed by atoms with Crippen molar-refractivity contribution >= 4 is 21.6 Å². The molecule has 0 amide bonds. The summed E-state index contributed by atoms with van der Waals surface area (Å²) in [6.07, 6.45) is 5.07. The number of fused-ring (bicyclic) bond motifs is 1. The lowest BCUT2D eigenvalue weighted by molar-refractivity contribution is 0.571. The molecular weight excluding hydrogens is 298 g/mol. The van der Waals surface area contributed by atoms with Crippen LogP contribution in [0.25, 0.3) is 0 Å². The minimum absolute atomic E-state index is 0.486. The van der Waals surface area contributed by atoms with E-state index in [1.54, 1.807) is 4.31 Å². The van der Waals surface area contributed by atoms with E-state index in [9.17, 15) is 8.42 Å². The molecule has 2 aliphatic heterocycles. The molecule has 0 aliphatic carbocycles. The predicted octanol–water partition coefficient (Wildman–Crippen LogP) is 2.28. The van der Waals surface area contributed by atoms with Crippen LogP contribution in [0.3, 0.4) is 0 Å².